The summed E-state index contributed by atoms with van der Waals surface area (Å²) in [7, 11) is 4.85. The number of ether oxygens (including phenoxy) is 4. The molecule has 1 fully saturated rings. The number of aromatic nitrogens is 3. The molecule has 0 bridgehead atoms. The van der Waals surface area contributed by atoms with Gasteiger partial charge in [-0.05, 0) is 62.7 Å². The molecular weight excluding hydrogens is 496 g/mol. The van der Waals surface area contributed by atoms with E-state index in [4.69, 9.17) is 23.9 Å². The van der Waals surface area contributed by atoms with Crippen LogP contribution >= 0.6 is 0 Å². The molecule has 9 heteroatoms. The Morgan fingerprint density at radius 2 is 1.69 bits per heavy atom. The monoisotopic (exact) mass is 530 g/mol. The molecule has 5 rings (SSSR count). The van der Waals surface area contributed by atoms with Crippen LogP contribution < -0.4 is 18.9 Å². The van der Waals surface area contributed by atoms with Crippen molar-refractivity contribution in [2.24, 2.45) is 5.92 Å². The fraction of sp³-hybridized carbons (Fsp3) is 0.367. The maximum Gasteiger partial charge on any atom is 0.240 e. The highest BCUT2D eigenvalue weighted by atomic mass is 16.5. The first-order valence-corrected chi connectivity index (χ1v) is 13.0. The average molecular weight is 531 g/mol. The Morgan fingerprint density at radius 3 is 2.38 bits per heavy atom. The standard InChI is InChI=1S/C30H34N4O5/c1-18-13-26-30(31-25(17-34(26)32-18)22-9-12-27(37-5)28(14-22)38-6)39-20(3)23-15-29(35)33(16-23)19(2)21-7-10-24(36-4)11-8-21/h7-14,17,19-20,23H,15-16H2,1-6H3/t19-,20-,23?/m1/s1. The van der Waals surface area contributed by atoms with Crippen LogP contribution in [0.2, 0.25) is 0 Å². The topological polar surface area (TPSA) is 87.4 Å². The van der Waals surface area contributed by atoms with E-state index in [1.807, 2.05) is 73.5 Å². The molecule has 2 aromatic heterocycles. The number of rotatable bonds is 9. The maximum atomic E-state index is 13.0. The number of carbonyl (C=O) groups is 1. The number of fused-ring (bicyclic) bond motifs is 1. The summed E-state index contributed by atoms with van der Waals surface area (Å²) in [6.45, 7) is 6.60. The van der Waals surface area contributed by atoms with E-state index in [-0.39, 0.29) is 24.0 Å². The number of nitrogens with zero attached hydrogens (tertiary/aromatic N) is 4. The molecule has 3 heterocycles. The Hall–Kier alpha value is -4.27. The van der Waals surface area contributed by atoms with Gasteiger partial charge in [0.1, 0.15) is 17.4 Å². The third-order valence-electron chi connectivity index (χ3n) is 7.44. The van der Waals surface area contributed by atoms with E-state index in [1.165, 1.54) is 0 Å². The van der Waals surface area contributed by atoms with Gasteiger partial charge in [-0.2, -0.15) is 5.10 Å². The fourth-order valence-electron chi connectivity index (χ4n) is 5.09. The van der Waals surface area contributed by atoms with Gasteiger partial charge < -0.3 is 23.8 Å². The molecule has 0 N–H and O–H groups in total. The summed E-state index contributed by atoms with van der Waals surface area (Å²) in [5, 5.41) is 4.60. The molecule has 39 heavy (non-hydrogen) atoms. The molecule has 1 aliphatic heterocycles. The van der Waals surface area contributed by atoms with E-state index in [2.05, 4.69) is 12.0 Å². The predicted molar refractivity (Wildman–Crippen MR) is 148 cm³/mol. The zero-order chi connectivity index (χ0) is 27.7. The van der Waals surface area contributed by atoms with Crippen LogP contribution in [0.25, 0.3) is 16.8 Å². The van der Waals surface area contributed by atoms with E-state index in [0.29, 0.717) is 36.0 Å². The van der Waals surface area contributed by atoms with Crippen molar-refractivity contribution in [1.29, 1.82) is 0 Å². The van der Waals surface area contributed by atoms with Gasteiger partial charge in [-0.3, -0.25) is 4.79 Å². The lowest BCUT2D eigenvalue weighted by molar-refractivity contribution is -0.129. The molecule has 9 nitrogen and oxygen atoms in total. The van der Waals surface area contributed by atoms with E-state index in [9.17, 15) is 4.79 Å². The van der Waals surface area contributed by atoms with Crippen LogP contribution in [-0.4, -0.2) is 59.4 Å². The molecule has 3 atom stereocenters. The second kappa shape index (κ2) is 10.8. The summed E-state index contributed by atoms with van der Waals surface area (Å²) in [5.74, 6) is 2.67. The number of carbonyl (C=O) groups excluding carboxylic acids is 1. The lowest BCUT2D eigenvalue weighted by Crippen LogP contribution is -2.31. The minimum Gasteiger partial charge on any atom is -0.497 e. The zero-order valence-electron chi connectivity index (χ0n) is 23.2. The Morgan fingerprint density at radius 1 is 0.949 bits per heavy atom. The third kappa shape index (κ3) is 5.21. The van der Waals surface area contributed by atoms with Gasteiger partial charge in [0.2, 0.25) is 11.8 Å². The van der Waals surface area contributed by atoms with Crippen LogP contribution in [0.5, 0.6) is 23.1 Å². The molecule has 1 aliphatic rings. The molecule has 1 saturated heterocycles. The lowest BCUT2D eigenvalue weighted by Gasteiger charge is -2.26. The number of aryl methyl sites for hydroxylation is 1. The van der Waals surface area contributed by atoms with Crippen molar-refractivity contribution >= 4 is 11.4 Å². The van der Waals surface area contributed by atoms with Gasteiger partial charge in [-0.1, -0.05) is 12.1 Å². The van der Waals surface area contributed by atoms with Gasteiger partial charge in [-0.15, -0.1) is 0 Å². The zero-order valence-corrected chi connectivity index (χ0v) is 23.2. The smallest absolute Gasteiger partial charge is 0.240 e. The fourth-order valence-corrected chi connectivity index (χ4v) is 5.09. The molecule has 4 aromatic rings. The quantitative estimate of drug-likeness (QED) is 0.297. The minimum atomic E-state index is -0.242. The molecule has 2 aromatic carbocycles. The second-order valence-corrected chi connectivity index (χ2v) is 9.90. The van der Waals surface area contributed by atoms with Crippen LogP contribution in [-0.2, 0) is 4.79 Å². The highest BCUT2D eigenvalue weighted by molar-refractivity contribution is 5.79. The van der Waals surface area contributed by atoms with Crippen molar-refractivity contribution < 1.29 is 23.7 Å². The first-order valence-electron chi connectivity index (χ1n) is 13.0. The first kappa shape index (κ1) is 26.3. The lowest BCUT2D eigenvalue weighted by atomic mass is 10.0. The Labute approximate surface area is 228 Å². The van der Waals surface area contributed by atoms with E-state index in [1.54, 1.807) is 25.8 Å². The van der Waals surface area contributed by atoms with Crippen molar-refractivity contribution in [3.63, 3.8) is 0 Å². The molecule has 204 valence electrons. The molecule has 1 amide bonds. The normalized spacial score (nSPS) is 16.8. The van der Waals surface area contributed by atoms with Crippen molar-refractivity contribution in [2.75, 3.05) is 27.9 Å². The highest BCUT2D eigenvalue weighted by Gasteiger charge is 2.37. The minimum absolute atomic E-state index is 0.0220. The van der Waals surface area contributed by atoms with Crippen molar-refractivity contribution in [1.82, 2.24) is 19.5 Å². The first-order chi connectivity index (χ1) is 18.8. The molecule has 1 unspecified atom stereocenters. The average Bonchev–Trinajstić information content (AvgIpc) is 3.54. The SMILES string of the molecule is COc1ccc([C@@H](C)N2CC([C@@H](C)Oc3nc(-c4ccc(OC)c(OC)c4)cn4nc(C)cc34)CC2=O)cc1. The predicted octanol–water partition coefficient (Wildman–Crippen LogP) is 5.11. The van der Waals surface area contributed by atoms with E-state index >= 15 is 0 Å². The van der Waals surface area contributed by atoms with Crippen LogP contribution in [0.4, 0.5) is 0 Å². The van der Waals surface area contributed by atoms with Crippen LogP contribution in [0.3, 0.4) is 0 Å². The molecule has 0 aliphatic carbocycles. The molecule has 0 radical (unpaired) electrons. The van der Waals surface area contributed by atoms with E-state index in [0.717, 1.165) is 28.1 Å². The summed E-state index contributed by atoms with van der Waals surface area (Å²) < 4.78 is 24.4. The summed E-state index contributed by atoms with van der Waals surface area (Å²) in [4.78, 5) is 19.8. The number of amides is 1. The second-order valence-electron chi connectivity index (χ2n) is 9.90. The number of hydrogen-bond acceptors (Lipinski definition) is 7. The summed E-state index contributed by atoms with van der Waals surface area (Å²) in [6.07, 6.45) is 2.05. The molecular formula is C30H34N4O5. The van der Waals surface area contributed by atoms with Crippen molar-refractivity contribution in [2.45, 2.75) is 39.3 Å². The number of likely N-dealkylation sites (tertiary alicyclic amines) is 1. The number of hydrogen-bond donors (Lipinski definition) is 0. The van der Waals surface area contributed by atoms with E-state index < -0.39 is 0 Å². The van der Waals surface area contributed by atoms with Gasteiger partial charge >= 0.3 is 0 Å². The largest absolute Gasteiger partial charge is 0.497 e. The highest BCUT2D eigenvalue weighted by Crippen LogP contribution is 2.35. The van der Waals surface area contributed by atoms with Gasteiger partial charge in [0.05, 0.1) is 45.0 Å². The Kier molecular flexibility index (Phi) is 7.32. The summed E-state index contributed by atoms with van der Waals surface area (Å²) in [6, 6.07) is 15.4. The molecule has 0 spiro atoms. The van der Waals surface area contributed by atoms with Crippen LogP contribution in [0, 0.1) is 12.8 Å². The summed E-state index contributed by atoms with van der Waals surface area (Å²) >= 11 is 0. The number of benzene rings is 2. The molecule has 0 saturated carbocycles. The van der Waals surface area contributed by atoms with Gasteiger partial charge in [0, 0.05) is 24.4 Å². The Balaban J connectivity index is 1.39. The van der Waals surface area contributed by atoms with Crippen molar-refractivity contribution in [3.05, 3.63) is 66.0 Å². The van der Waals surface area contributed by atoms with Crippen LogP contribution in [0.1, 0.15) is 37.6 Å². The maximum absolute atomic E-state index is 13.0. The van der Waals surface area contributed by atoms with Crippen molar-refractivity contribution in [3.8, 4) is 34.4 Å². The van der Waals surface area contributed by atoms with Crippen LogP contribution in [0.15, 0.2) is 54.7 Å². The Bertz CT molecular complexity index is 1480. The van der Waals surface area contributed by atoms with Gasteiger partial charge in [-0.25, -0.2) is 9.50 Å². The number of methoxy groups -OCH3 is 3. The summed E-state index contributed by atoms with van der Waals surface area (Å²) in [5.41, 5.74) is 4.23. The van der Waals surface area contributed by atoms with Gasteiger partial charge in [0.15, 0.2) is 11.5 Å². The third-order valence-corrected chi connectivity index (χ3v) is 7.44. The van der Waals surface area contributed by atoms with Gasteiger partial charge in [0.25, 0.3) is 0 Å².